The lowest BCUT2D eigenvalue weighted by Crippen LogP contribution is -2.29. The second-order valence-electron chi connectivity index (χ2n) is 9.98. The second kappa shape index (κ2) is 11.0. The lowest BCUT2D eigenvalue weighted by atomic mass is 9.77. The SMILES string of the molecule is C1=CC2c3cccc(OCCCc4ccccc4)c3NC(c3ccc(OCc4ccccc4)cc3)C2C1. The molecular weight excluding hydrogens is 454 g/mol. The summed E-state index contributed by atoms with van der Waals surface area (Å²) in [5.74, 6) is 2.75. The summed E-state index contributed by atoms with van der Waals surface area (Å²) < 4.78 is 12.4. The van der Waals surface area contributed by atoms with Gasteiger partial charge < -0.3 is 14.8 Å². The van der Waals surface area contributed by atoms with Crippen LogP contribution >= 0.6 is 0 Å². The summed E-state index contributed by atoms with van der Waals surface area (Å²) in [6.07, 6.45) is 7.82. The highest BCUT2D eigenvalue weighted by molar-refractivity contribution is 5.67. The summed E-state index contributed by atoms with van der Waals surface area (Å²) in [6, 6.07) is 36.2. The minimum Gasteiger partial charge on any atom is -0.491 e. The van der Waals surface area contributed by atoms with Gasteiger partial charge in [-0.3, -0.25) is 0 Å². The van der Waals surface area contributed by atoms with E-state index in [1.54, 1.807) is 0 Å². The summed E-state index contributed by atoms with van der Waals surface area (Å²) in [5.41, 5.74) is 6.31. The first-order chi connectivity index (χ1) is 18.3. The van der Waals surface area contributed by atoms with Crippen molar-refractivity contribution in [3.63, 3.8) is 0 Å². The third-order valence-corrected chi connectivity index (χ3v) is 7.56. The predicted molar refractivity (Wildman–Crippen MR) is 150 cm³/mol. The van der Waals surface area contributed by atoms with Gasteiger partial charge in [0.1, 0.15) is 18.1 Å². The van der Waals surface area contributed by atoms with Crippen LogP contribution in [0.25, 0.3) is 0 Å². The Morgan fingerprint density at radius 2 is 1.49 bits per heavy atom. The molecule has 0 amide bonds. The van der Waals surface area contributed by atoms with E-state index in [2.05, 4.69) is 102 Å². The first-order valence-corrected chi connectivity index (χ1v) is 13.3. The van der Waals surface area contributed by atoms with E-state index in [1.165, 1.54) is 22.3 Å². The van der Waals surface area contributed by atoms with E-state index in [4.69, 9.17) is 9.47 Å². The summed E-state index contributed by atoms with van der Waals surface area (Å²) in [7, 11) is 0. The molecule has 6 rings (SSSR count). The number of para-hydroxylation sites is 1. The van der Waals surface area contributed by atoms with Crippen LogP contribution in [-0.4, -0.2) is 6.61 Å². The zero-order valence-electron chi connectivity index (χ0n) is 21.1. The van der Waals surface area contributed by atoms with Crippen molar-refractivity contribution in [3.05, 3.63) is 138 Å². The molecule has 0 spiro atoms. The minimum atomic E-state index is 0.227. The van der Waals surface area contributed by atoms with Crippen LogP contribution in [0.4, 0.5) is 5.69 Å². The Morgan fingerprint density at radius 3 is 2.27 bits per heavy atom. The fourth-order valence-corrected chi connectivity index (χ4v) is 5.66. The van der Waals surface area contributed by atoms with Crippen molar-refractivity contribution in [1.82, 2.24) is 0 Å². The average Bonchev–Trinajstić information content (AvgIpc) is 3.46. The topological polar surface area (TPSA) is 30.5 Å². The molecule has 0 radical (unpaired) electrons. The third-order valence-electron chi connectivity index (χ3n) is 7.56. The number of nitrogens with one attached hydrogen (secondary N) is 1. The van der Waals surface area contributed by atoms with E-state index in [0.717, 1.165) is 36.4 Å². The molecule has 1 heterocycles. The lowest BCUT2D eigenvalue weighted by molar-refractivity contribution is 0.305. The van der Waals surface area contributed by atoms with Crippen molar-refractivity contribution in [2.24, 2.45) is 5.92 Å². The monoisotopic (exact) mass is 487 g/mol. The number of benzene rings is 4. The number of anilines is 1. The van der Waals surface area contributed by atoms with E-state index in [9.17, 15) is 0 Å². The molecule has 0 saturated carbocycles. The van der Waals surface area contributed by atoms with Crippen molar-refractivity contribution >= 4 is 5.69 Å². The summed E-state index contributed by atoms with van der Waals surface area (Å²) >= 11 is 0. The van der Waals surface area contributed by atoms with E-state index in [1.807, 2.05) is 18.2 Å². The molecule has 3 atom stereocenters. The molecular formula is C34H33NO2. The molecule has 1 N–H and O–H groups in total. The van der Waals surface area contributed by atoms with E-state index in [-0.39, 0.29) is 6.04 Å². The van der Waals surface area contributed by atoms with Crippen LogP contribution in [-0.2, 0) is 13.0 Å². The van der Waals surface area contributed by atoms with Crippen LogP contribution in [0.1, 0.15) is 47.1 Å². The summed E-state index contributed by atoms with van der Waals surface area (Å²) in [6.45, 7) is 1.28. The number of allylic oxidation sites excluding steroid dienone is 2. The van der Waals surface area contributed by atoms with Crippen LogP contribution in [0.15, 0.2) is 115 Å². The van der Waals surface area contributed by atoms with Gasteiger partial charge in [-0.2, -0.15) is 0 Å². The fraction of sp³-hybridized carbons (Fsp3) is 0.235. The van der Waals surface area contributed by atoms with Crippen molar-refractivity contribution in [1.29, 1.82) is 0 Å². The van der Waals surface area contributed by atoms with Crippen molar-refractivity contribution in [2.75, 3.05) is 11.9 Å². The molecule has 2 aliphatic rings. The third kappa shape index (κ3) is 5.27. The van der Waals surface area contributed by atoms with Crippen molar-refractivity contribution < 1.29 is 9.47 Å². The van der Waals surface area contributed by atoms with Gasteiger partial charge in [0.15, 0.2) is 0 Å². The molecule has 0 saturated heterocycles. The predicted octanol–water partition coefficient (Wildman–Crippen LogP) is 8.10. The maximum absolute atomic E-state index is 6.35. The maximum atomic E-state index is 6.35. The Kier molecular flexibility index (Phi) is 6.94. The van der Waals surface area contributed by atoms with Crippen LogP contribution in [0.3, 0.4) is 0 Å². The van der Waals surface area contributed by atoms with Gasteiger partial charge in [-0.15, -0.1) is 0 Å². The number of hydrogen-bond acceptors (Lipinski definition) is 3. The Morgan fingerprint density at radius 1 is 0.730 bits per heavy atom. The van der Waals surface area contributed by atoms with Gasteiger partial charge >= 0.3 is 0 Å². The Bertz CT molecular complexity index is 1330. The standard InChI is InChI=1S/C34H33NO2/c1-3-10-25(11-4-1)14-9-23-36-32-18-8-17-31-29-15-7-16-30(29)33(35-34(31)32)27-19-21-28(22-20-27)37-24-26-12-5-2-6-13-26/h1-8,10-13,15,17-22,29-30,33,35H,9,14,16,23-24H2. The van der Waals surface area contributed by atoms with Crippen molar-refractivity contribution in [3.8, 4) is 11.5 Å². The molecule has 3 nitrogen and oxygen atoms in total. The van der Waals surface area contributed by atoms with E-state index in [0.29, 0.717) is 25.0 Å². The van der Waals surface area contributed by atoms with Gasteiger partial charge in [-0.05, 0) is 65.6 Å². The molecule has 186 valence electrons. The number of hydrogen-bond donors (Lipinski definition) is 1. The van der Waals surface area contributed by atoms with E-state index < -0.39 is 0 Å². The normalized spacial score (nSPS) is 19.5. The maximum Gasteiger partial charge on any atom is 0.142 e. The largest absolute Gasteiger partial charge is 0.491 e. The Balaban J connectivity index is 1.16. The molecule has 0 fully saturated rings. The Labute approximate surface area is 219 Å². The molecule has 4 aromatic carbocycles. The van der Waals surface area contributed by atoms with Crippen LogP contribution in [0.5, 0.6) is 11.5 Å². The molecule has 3 heteroatoms. The number of rotatable bonds is 9. The minimum absolute atomic E-state index is 0.227. The van der Waals surface area contributed by atoms with Crippen LogP contribution < -0.4 is 14.8 Å². The smallest absolute Gasteiger partial charge is 0.142 e. The molecule has 0 bridgehead atoms. The molecule has 37 heavy (non-hydrogen) atoms. The van der Waals surface area contributed by atoms with Crippen LogP contribution in [0.2, 0.25) is 0 Å². The van der Waals surface area contributed by atoms with E-state index >= 15 is 0 Å². The Hall–Kier alpha value is -3.98. The van der Waals surface area contributed by atoms with Crippen LogP contribution in [0, 0.1) is 5.92 Å². The molecule has 4 aromatic rings. The molecule has 1 aliphatic heterocycles. The molecule has 3 unspecified atom stereocenters. The highest BCUT2D eigenvalue weighted by Crippen LogP contribution is 2.52. The summed E-state index contributed by atoms with van der Waals surface area (Å²) in [4.78, 5) is 0. The quantitative estimate of drug-likeness (QED) is 0.191. The number of aryl methyl sites for hydroxylation is 1. The molecule has 0 aromatic heterocycles. The highest BCUT2D eigenvalue weighted by Gasteiger charge is 2.39. The zero-order chi connectivity index (χ0) is 24.9. The van der Waals surface area contributed by atoms with Gasteiger partial charge in [0.05, 0.1) is 18.3 Å². The van der Waals surface area contributed by atoms with Crippen molar-refractivity contribution in [2.45, 2.75) is 37.8 Å². The average molecular weight is 488 g/mol. The van der Waals surface area contributed by atoms with Gasteiger partial charge in [-0.1, -0.05) is 97.1 Å². The highest BCUT2D eigenvalue weighted by atomic mass is 16.5. The first kappa shape index (κ1) is 23.4. The zero-order valence-corrected chi connectivity index (χ0v) is 21.1. The number of ether oxygens (including phenoxy) is 2. The fourth-order valence-electron chi connectivity index (χ4n) is 5.66. The van der Waals surface area contributed by atoms with Gasteiger partial charge in [0.25, 0.3) is 0 Å². The summed E-state index contributed by atoms with van der Waals surface area (Å²) in [5, 5.41) is 3.88. The van der Waals surface area contributed by atoms with Gasteiger partial charge in [-0.25, -0.2) is 0 Å². The van der Waals surface area contributed by atoms with Gasteiger partial charge in [0.2, 0.25) is 0 Å². The first-order valence-electron chi connectivity index (χ1n) is 13.3. The number of fused-ring (bicyclic) bond motifs is 3. The molecule has 1 aliphatic carbocycles. The lowest BCUT2D eigenvalue weighted by Gasteiger charge is -2.38. The second-order valence-corrected chi connectivity index (χ2v) is 9.98. The van der Waals surface area contributed by atoms with Gasteiger partial charge in [0, 0.05) is 5.92 Å².